The van der Waals surface area contributed by atoms with Crippen molar-refractivity contribution in [3.63, 3.8) is 0 Å². The number of rotatable bonds is 9. The standard InChI is InChI=1S/C22H25N3O2/c1-18-10-12-20(13-11-18)27-17-6-5-14-23-22(26)21(25-16-7-15-24-25)19-8-3-2-4-9-19/h2-4,7-13,15-16,21H,5-6,14,17H2,1H3,(H,23,26). The molecule has 5 nitrogen and oxygen atoms in total. The number of ether oxygens (including phenoxy) is 1. The maximum Gasteiger partial charge on any atom is 0.249 e. The number of amides is 1. The quantitative estimate of drug-likeness (QED) is 0.589. The van der Waals surface area contributed by atoms with E-state index in [0.29, 0.717) is 13.2 Å². The summed E-state index contributed by atoms with van der Waals surface area (Å²) in [5.41, 5.74) is 2.14. The van der Waals surface area contributed by atoms with Gasteiger partial charge in [-0.3, -0.25) is 9.48 Å². The highest BCUT2D eigenvalue weighted by atomic mass is 16.5. The zero-order valence-electron chi connectivity index (χ0n) is 15.5. The number of nitrogens with zero attached hydrogens (tertiary/aromatic N) is 2. The minimum atomic E-state index is -0.454. The topological polar surface area (TPSA) is 56.1 Å². The van der Waals surface area contributed by atoms with Crippen LogP contribution in [0.5, 0.6) is 5.75 Å². The van der Waals surface area contributed by atoms with Crippen LogP contribution >= 0.6 is 0 Å². The molecule has 0 aliphatic heterocycles. The molecule has 3 rings (SSSR count). The van der Waals surface area contributed by atoms with E-state index in [-0.39, 0.29) is 5.91 Å². The van der Waals surface area contributed by atoms with Gasteiger partial charge in [0.2, 0.25) is 5.91 Å². The van der Waals surface area contributed by atoms with Crippen LogP contribution in [0.2, 0.25) is 0 Å². The van der Waals surface area contributed by atoms with E-state index in [2.05, 4.69) is 17.3 Å². The Morgan fingerprint density at radius 1 is 1.07 bits per heavy atom. The van der Waals surface area contributed by atoms with Gasteiger partial charge in [0.15, 0.2) is 6.04 Å². The van der Waals surface area contributed by atoms with Gasteiger partial charge < -0.3 is 10.1 Å². The highest BCUT2D eigenvalue weighted by Crippen LogP contribution is 2.17. The van der Waals surface area contributed by atoms with Crippen molar-refractivity contribution in [2.24, 2.45) is 0 Å². The molecule has 0 saturated heterocycles. The number of carbonyl (C=O) groups excluding carboxylic acids is 1. The summed E-state index contributed by atoms with van der Waals surface area (Å²) >= 11 is 0. The summed E-state index contributed by atoms with van der Waals surface area (Å²) in [5, 5.41) is 7.27. The van der Waals surface area contributed by atoms with Crippen LogP contribution in [0.15, 0.2) is 73.1 Å². The van der Waals surface area contributed by atoms with Gasteiger partial charge in [-0.25, -0.2) is 0 Å². The van der Waals surface area contributed by atoms with Gasteiger partial charge in [-0.1, -0.05) is 48.0 Å². The minimum absolute atomic E-state index is 0.0515. The molecular weight excluding hydrogens is 338 g/mol. The second-order valence-electron chi connectivity index (χ2n) is 6.46. The molecule has 0 saturated carbocycles. The number of benzene rings is 2. The highest BCUT2D eigenvalue weighted by molar-refractivity contribution is 5.83. The first kappa shape index (κ1) is 18.7. The fourth-order valence-corrected chi connectivity index (χ4v) is 2.85. The van der Waals surface area contributed by atoms with E-state index in [4.69, 9.17) is 4.74 Å². The van der Waals surface area contributed by atoms with E-state index >= 15 is 0 Å². The van der Waals surface area contributed by atoms with E-state index in [0.717, 1.165) is 24.2 Å². The lowest BCUT2D eigenvalue weighted by atomic mass is 10.1. The molecule has 1 N–H and O–H groups in total. The Kier molecular flexibility index (Phi) is 6.63. The van der Waals surface area contributed by atoms with Crippen LogP contribution in [-0.2, 0) is 4.79 Å². The lowest BCUT2D eigenvalue weighted by molar-refractivity contribution is -0.123. The van der Waals surface area contributed by atoms with Crippen molar-refractivity contribution in [3.8, 4) is 5.75 Å². The predicted octanol–water partition coefficient (Wildman–Crippen LogP) is 3.76. The van der Waals surface area contributed by atoms with Crippen molar-refractivity contribution < 1.29 is 9.53 Å². The molecule has 0 bridgehead atoms. The smallest absolute Gasteiger partial charge is 0.249 e. The van der Waals surface area contributed by atoms with E-state index in [1.807, 2.05) is 66.9 Å². The Bertz CT molecular complexity index is 815. The fraction of sp³-hybridized carbons (Fsp3) is 0.273. The van der Waals surface area contributed by atoms with Gasteiger partial charge in [0, 0.05) is 18.9 Å². The molecule has 2 aromatic carbocycles. The van der Waals surface area contributed by atoms with Crippen molar-refractivity contribution in [1.82, 2.24) is 15.1 Å². The Hall–Kier alpha value is -3.08. The summed E-state index contributed by atoms with van der Waals surface area (Å²) in [5.74, 6) is 0.830. The van der Waals surface area contributed by atoms with Crippen molar-refractivity contribution in [3.05, 3.63) is 84.2 Å². The Morgan fingerprint density at radius 3 is 2.56 bits per heavy atom. The summed E-state index contributed by atoms with van der Waals surface area (Å²) in [6, 6.07) is 19.1. The molecule has 0 radical (unpaired) electrons. The molecule has 0 spiro atoms. The van der Waals surface area contributed by atoms with Crippen LogP contribution in [0.1, 0.15) is 30.0 Å². The Morgan fingerprint density at radius 2 is 1.85 bits per heavy atom. The number of nitrogens with one attached hydrogen (secondary N) is 1. The lowest BCUT2D eigenvalue weighted by Gasteiger charge is -2.18. The average molecular weight is 363 g/mol. The summed E-state index contributed by atoms with van der Waals surface area (Å²) in [6.45, 7) is 3.30. The van der Waals surface area contributed by atoms with Crippen LogP contribution in [-0.4, -0.2) is 28.8 Å². The SMILES string of the molecule is Cc1ccc(OCCCCNC(=O)C(c2ccccc2)n2cccn2)cc1. The molecule has 3 aromatic rings. The summed E-state index contributed by atoms with van der Waals surface area (Å²) in [4.78, 5) is 12.7. The molecule has 1 heterocycles. The molecule has 1 atom stereocenters. The van der Waals surface area contributed by atoms with Crippen molar-refractivity contribution >= 4 is 5.91 Å². The van der Waals surface area contributed by atoms with Gasteiger partial charge in [0.1, 0.15) is 5.75 Å². The van der Waals surface area contributed by atoms with E-state index < -0.39 is 6.04 Å². The van der Waals surface area contributed by atoms with Gasteiger partial charge in [-0.2, -0.15) is 5.10 Å². The minimum Gasteiger partial charge on any atom is -0.494 e. The van der Waals surface area contributed by atoms with Crippen LogP contribution in [0, 0.1) is 6.92 Å². The van der Waals surface area contributed by atoms with Gasteiger partial charge in [0.05, 0.1) is 6.61 Å². The largest absolute Gasteiger partial charge is 0.494 e. The van der Waals surface area contributed by atoms with Crippen molar-refractivity contribution in [2.45, 2.75) is 25.8 Å². The maximum atomic E-state index is 12.7. The maximum absolute atomic E-state index is 12.7. The number of carbonyl (C=O) groups is 1. The molecule has 5 heteroatoms. The first-order chi connectivity index (χ1) is 13.2. The van der Waals surface area contributed by atoms with E-state index in [9.17, 15) is 4.79 Å². The summed E-state index contributed by atoms with van der Waals surface area (Å²) in [6.07, 6.45) is 5.24. The van der Waals surface area contributed by atoms with Crippen LogP contribution < -0.4 is 10.1 Å². The normalized spacial score (nSPS) is 11.7. The number of aryl methyl sites for hydroxylation is 1. The zero-order chi connectivity index (χ0) is 18.9. The van der Waals surface area contributed by atoms with Gasteiger partial charge in [0.25, 0.3) is 0 Å². The fourth-order valence-electron chi connectivity index (χ4n) is 2.85. The molecule has 0 aliphatic carbocycles. The molecule has 1 aromatic heterocycles. The second-order valence-corrected chi connectivity index (χ2v) is 6.46. The monoisotopic (exact) mass is 363 g/mol. The molecule has 1 unspecified atom stereocenters. The average Bonchev–Trinajstić information content (AvgIpc) is 3.21. The zero-order valence-corrected chi connectivity index (χ0v) is 15.5. The molecular formula is C22H25N3O2. The third kappa shape index (κ3) is 5.45. The first-order valence-electron chi connectivity index (χ1n) is 9.25. The molecule has 0 fully saturated rings. The van der Waals surface area contributed by atoms with E-state index in [1.54, 1.807) is 10.9 Å². The third-order valence-electron chi connectivity index (χ3n) is 4.31. The molecule has 1 amide bonds. The molecule has 0 aliphatic rings. The van der Waals surface area contributed by atoms with Gasteiger partial charge in [-0.05, 0) is 43.5 Å². The first-order valence-corrected chi connectivity index (χ1v) is 9.25. The van der Waals surface area contributed by atoms with Crippen LogP contribution in [0.25, 0.3) is 0 Å². The predicted molar refractivity (Wildman–Crippen MR) is 106 cm³/mol. The lowest BCUT2D eigenvalue weighted by Crippen LogP contribution is -2.34. The van der Waals surface area contributed by atoms with Crippen molar-refractivity contribution in [1.29, 1.82) is 0 Å². The van der Waals surface area contributed by atoms with E-state index in [1.165, 1.54) is 5.56 Å². The number of hydrogen-bond acceptors (Lipinski definition) is 3. The third-order valence-corrected chi connectivity index (χ3v) is 4.31. The summed E-state index contributed by atoms with van der Waals surface area (Å²) < 4.78 is 7.40. The Balaban J connectivity index is 1.45. The number of unbranched alkanes of at least 4 members (excludes halogenated alkanes) is 1. The molecule has 140 valence electrons. The second kappa shape index (κ2) is 9.57. The van der Waals surface area contributed by atoms with Gasteiger partial charge >= 0.3 is 0 Å². The summed E-state index contributed by atoms with van der Waals surface area (Å²) in [7, 11) is 0. The molecule has 27 heavy (non-hydrogen) atoms. The van der Waals surface area contributed by atoms with Crippen LogP contribution in [0.4, 0.5) is 0 Å². The van der Waals surface area contributed by atoms with Crippen LogP contribution in [0.3, 0.4) is 0 Å². The highest BCUT2D eigenvalue weighted by Gasteiger charge is 2.22. The number of aromatic nitrogens is 2. The van der Waals surface area contributed by atoms with Gasteiger partial charge in [-0.15, -0.1) is 0 Å². The van der Waals surface area contributed by atoms with Crippen molar-refractivity contribution in [2.75, 3.05) is 13.2 Å². The Labute approximate surface area is 160 Å². The number of hydrogen-bond donors (Lipinski definition) is 1.